The van der Waals surface area contributed by atoms with E-state index in [9.17, 15) is 13.2 Å². The van der Waals surface area contributed by atoms with E-state index in [2.05, 4.69) is 15.3 Å². The molecular weight excluding hydrogens is 490 g/mol. The summed E-state index contributed by atoms with van der Waals surface area (Å²) in [6.07, 6.45) is 6.18. The van der Waals surface area contributed by atoms with Crippen LogP contribution in [0.4, 0.5) is 23.0 Å². The highest BCUT2D eigenvalue weighted by Crippen LogP contribution is 2.42. The number of fused-ring (bicyclic) bond motifs is 3. The monoisotopic (exact) mass is 519 g/mol. The van der Waals surface area contributed by atoms with Crippen molar-refractivity contribution in [3.05, 3.63) is 65.0 Å². The molecule has 3 aromatic rings. The van der Waals surface area contributed by atoms with Gasteiger partial charge in [-0.3, -0.25) is 9.10 Å². The van der Waals surface area contributed by atoms with Crippen molar-refractivity contribution >= 4 is 38.9 Å². The van der Waals surface area contributed by atoms with Crippen LogP contribution in [0.2, 0.25) is 0 Å². The van der Waals surface area contributed by atoms with Crippen LogP contribution < -0.4 is 19.3 Å². The Labute approximate surface area is 216 Å². The molecule has 0 atom stereocenters. The number of amides is 1. The van der Waals surface area contributed by atoms with Gasteiger partial charge >= 0.3 is 0 Å². The summed E-state index contributed by atoms with van der Waals surface area (Å²) in [6.45, 7) is 5.44. The Hall–Kier alpha value is -3.66. The molecule has 1 N–H and O–H groups in total. The third-order valence-electron chi connectivity index (χ3n) is 7.18. The molecule has 1 fully saturated rings. The number of hydrogen-bond donors (Lipinski definition) is 1. The lowest BCUT2D eigenvalue weighted by Crippen LogP contribution is -2.28. The second kappa shape index (κ2) is 9.02. The van der Waals surface area contributed by atoms with Gasteiger partial charge < -0.3 is 15.0 Å². The van der Waals surface area contributed by atoms with Crippen LogP contribution in [-0.2, 0) is 22.2 Å². The van der Waals surface area contributed by atoms with Crippen molar-refractivity contribution < 1.29 is 17.9 Å². The molecule has 0 saturated heterocycles. The van der Waals surface area contributed by atoms with Crippen molar-refractivity contribution in [2.75, 3.05) is 34.2 Å². The Balaban J connectivity index is 1.21. The van der Waals surface area contributed by atoms with Gasteiger partial charge in [0.25, 0.3) is 5.91 Å². The van der Waals surface area contributed by atoms with E-state index in [1.165, 1.54) is 0 Å². The number of rotatable bonds is 7. The summed E-state index contributed by atoms with van der Waals surface area (Å²) in [6, 6.07) is 9.25. The standard InChI is InChI=1S/C27H29N5O4S/c1-3-31-25-20(27(33)30-24-17(2)9-11-28-26(24)31)13-19(14-29-25)10-12-36-23-6-4-5-22-21(23)16-37(34,35)32(22)15-18-7-8-18/h4-6,9,11,13-14,18H,3,7-8,10,12,15-16H2,1-2H3,(H,30,33). The van der Waals surface area contributed by atoms with Crippen molar-refractivity contribution in [3.63, 3.8) is 0 Å². The fourth-order valence-electron chi connectivity index (χ4n) is 5.01. The van der Waals surface area contributed by atoms with E-state index < -0.39 is 10.0 Å². The zero-order valence-electron chi connectivity index (χ0n) is 20.9. The van der Waals surface area contributed by atoms with E-state index in [-0.39, 0.29) is 11.7 Å². The van der Waals surface area contributed by atoms with Crippen molar-refractivity contribution in [1.29, 1.82) is 0 Å². The zero-order valence-corrected chi connectivity index (χ0v) is 21.7. The zero-order chi connectivity index (χ0) is 25.7. The lowest BCUT2D eigenvalue weighted by atomic mass is 10.1. The Morgan fingerprint density at radius 1 is 1.16 bits per heavy atom. The molecule has 3 aliphatic rings. The van der Waals surface area contributed by atoms with Gasteiger partial charge in [0.15, 0.2) is 5.82 Å². The van der Waals surface area contributed by atoms with Gasteiger partial charge in [-0.1, -0.05) is 6.07 Å². The number of pyridine rings is 2. The lowest BCUT2D eigenvalue weighted by molar-refractivity contribution is 0.102. The van der Waals surface area contributed by atoms with Gasteiger partial charge in [0, 0.05) is 37.5 Å². The van der Waals surface area contributed by atoms with Gasteiger partial charge in [-0.05, 0) is 68.0 Å². The Bertz CT molecular complexity index is 1500. The number of aryl methyl sites for hydroxylation is 1. The van der Waals surface area contributed by atoms with E-state index in [0.717, 1.165) is 35.2 Å². The summed E-state index contributed by atoms with van der Waals surface area (Å²) in [5.74, 6) is 2.05. The minimum absolute atomic E-state index is 0.0351. The van der Waals surface area contributed by atoms with Crippen molar-refractivity contribution in [3.8, 4) is 5.75 Å². The van der Waals surface area contributed by atoms with E-state index in [1.54, 1.807) is 16.7 Å². The number of nitrogens with one attached hydrogen (secondary N) is 1. The van der Waals surface area contributed by atoms with Crippen molar-refractivity contribution in [1.82, 2.24) is 9.97 Å². The maximum Gasteiger partial charge on any atom is 0.259 e. The predicted octanol–water partition coefficient (Wildman–Crippen LogP) is 4.19. The first-order chi connectivity index (χ1) is 17.9. The van der Waals surface area contributed by atoms with E-state index in [0.29, 0.717) is 60.7 Å². The van der Waals surface area contributed by atoms with Gasteiger partial charge in [0.2, 0.25) is 10.0 Å². The smallest absolute Gasteiger partial charge is 0.259 e. The van der Waals surface area contributed by atoms with Crippen molar-refractivity contribution in [2.45, 2.75) is 38.9 Å². The van der Waals surface area contributed by atoms with Crippen LogP contribution >= 0.6 is 0 Å². The number of sulfonamides is 1. The van der Waals surface area contributed by atoms with E-state index in [4.69, 9.17) is 4.74 Å². The first kappa shape index (κ1) is 23.7. The summed E-state index contributed by atoms with van der Waals surface area (Å²) in [5, 5.41) is 3.00. The number of carbonyl (C=O) groups is 1. The first-order valence-corrected chi connectivity index (χ1v) is 14.2. The minimum Gasteiger partial charge on any atom is -0.493 e. The molecule has 1 saturated carbocycles. The average Bonchev–Trinajstić information content (AvgIpc) is 3.67. The minimum atomic E-state index is -3.37. The number of benzene rings is 1. The van der Waals surface area contributed by atoms with Crippen LogP contribution in [0.3, 0.4) is 0 Å². The molecule has 1 aromatic carbocycles. The summed E-state index contributed by atoms with van der Waals surface area (Å²) in [7, 11) is -3.37. The number of ether oxygens (including phenoxy) is 1. The normalized spacial score (nSPS) is 17.5. The topological polar surface area (TPSA) is 105 Å². The van der Waals surface area contributed by atoms with Crippen molar-refractivity contribution in [2.24, 2.45) is 5.92 Å². The van der Waals surface area contributed by atoms with Crippen LogP contribution in [0.25, 0.3) is 0 Å². The average molecular weight is 520 g/mol. The fraction of sp³-hybridized carbons (Fsp3) is 0.370. The van der Waals surface area contributed by atoms with E-state index in [1.807, 2.05) is 49.1 Å². The largest absolute Gasteiger partial charge is 0.493 e. The molecule has 0 spiro atoms. The molecule has 4 heterocycles. The molecule has 6 rings (SSSR count). The predicted molar refractivity (Wildman–Crippen MR) is 142 cm³/mol. The Morgan fingerprint density at radius 3 is 2.78 bits per heavy atom. The number of nitrogens with zero attached hydrogens (tertiary/aromatic N) is 4. The molecule has 0 radical (unpaired) electrons. The number of carbonyl (C=O) groups excluding carboxylic acids is 1. The maximum atomic E-state index is 13.1. The van der Waals surface area contributed by atoms with Gasteiger partial charge in [0.1, 0.15) is 17.3 Å². The van der Waals surface area contributed by atoms with Crippen LogP contribution in [-0.4, -0.2) is 44.0 Å². The highest BCUT2D eigenvalue weighted by Gasteiger charge is 2.38. The van der Waals surface area contributed by atoms with Crippen LogP contribution in [0.5, 0.6) is 5.75 Å². The highest BCUT2D eigenvalue weighted by molar-refractivity contribution is 7.92. The molecule has 9 nitrogen and oxygen atoms in total. The SMILES string of the molecule is CCN1c2ncc(CCOc3cccc4c3CS(=O)(=O)N4CC3CC3)cc2C(=O)Nc2c(C)ccnc21. The van der Waals surface area contributed by atoms with Gasteiger partial charge in [-0.25, -0.2) is 18.4 Å². The third kappa shape index (κ3) is 4.29. The fourth-order valence-corrected chi connectivity index (χ4v) is 6.73. The highest BCUT2D eigenvalue weighted by atomic mass is 32.2. The molecule has 2 aromatic heterocycles. The Morgan fingerprint density at radius 2 is 2.00 bits per heavy atom. The summed E-state index contributed by atoms with van der Waals surface area (Å²) in [5.41, 5.74) is 4.43. The summed E-state index contributed by atoms with van der Waals surface area (Å²) >= 11 is 0. The second-order valence-corrected chi connectivity index (χ2v) is 11.7. The molecule has 192 valence electrons. The number of aromatic nitrogens is 2. The van der Waals surface area contributed by atoms with Crippen LogP contribution in [0, 0.1) is 12.8 Å². The third-order valence-corrected chi connectivity index (χ3v) is 8.85. The second-order valence-electron chi connectivity index (χ2n) is 9.82. The molecule has 1 amide bonds. The van der Waals surface area contributed by atoms with Crippen LogP contribution in [0.1, 0.15) is 46.8 Å². The first-order valence-electron chi connectivity index (χ1n) is 12.6. The van der Waals surface area contributed by atoms with Gasteiger partial charge in [-0.15, -0.1) is 0 Å². The molecule has 37 heavy (non-hydrogen) atoms. The van der Waals surface area contributed by atoms with Gasteiger partial charge in [-0.2, -0.15) is 0 Å². The molecule has 0 bridgehead atoms. The molecule has 2 aliphatic heterocycles. The summed E-state index contributed by atoms with van der Waals surface area (Å²) in [4.78, 5) is 24.2. The summed E-state index contributed by atoms with van der Waals surface area (Å²) < 4.78 is 33.2. The quantitative estimate of drug-likeness (QED) is 0.499. The van der Waals surface area contributed by atoms with E-state index >= 15 is 0 Å². The molecule has 1 aliphatic carbocycles. The molecule has 10 heteroatoms. The van der Waals surface area contributed by atoms with Gasteiger partial charge in [0.05, 0.1) is 23.5 Å². The number of anilines is 4. The number of hydrogen-bond acceptors (Lipinski definition) is 7. The van der Waals surface area contributed by atoms with Crippen LogP contribution in [0.15, 0.2) is 42.7 Å². The molecular formula is C27H29N5O4S. The maximum absolute atomic E-state index is 13.1. The molecule has 0 unspecified atom stereocenters. The lowest BCUT2D eigenvalue weighted by Gasteiger charge is -2.22. The Kier molecular flexibility index (Phi) is 5.78.